The first-order valence-corrected chi connectivity index (χ1v) is 5.51. The van der Waals surface area contributed by atoms with Gasteiger partial charge < -0.3 is 9.47 Å². The number of methoxy groups -OCH3 is 2. The van der Waals surface area contributed by atoms with Crippen LogP contribution >= 0.6 is 0 Å². The molecular weight excluding hydrogens is 250 g/mol. The van der Waals surface area contributed by atoms with Crippen LogP contribution in [0, 0.1) is 0 Å². The number of urea groups is 1. The fourth-order valence-electron chi connectivity index (χ4n) is 1.58. The van der Waals surface area contributed by atoms with Crippen molar-refractivity contribution in [1.29, 1.82) is 0 Å². The van der Waals surface area contributed by atoms with Gasteiger partial charge in [-0.2, -0.15) is 5.10 Å². The maximum Gasteiger partial charge on any atom is 0.344 e. The van der Waals surface area contributed by atoms with Crippen LogP contribution in [0.15, 0.2) is 23.3 Å². The van der Waals surface area contributed by atoms with E-state index in [1.54, 1.807) is 25.3 Å². The number of ether oxygens (including phenoxy) is 2. The van der Waals surface area contributed by atoms with E-state index in [0.717, 1.165) is 5.01 Å². The highest BCUT2D eigenvalue weighted by atomic mass is 16.5. The summed E-state index contributed by atoms with van der Waals surface area (Å²) in [4.78, 5) is 22.3. The molecular formula is C12H13N3O4. The first-order valence-electron chi connectivity index (χ1n) is 5.51. The van der Waals surface area contributed by atoms with Gasteiger partial charge in [0.25, 0.3) is 0 Å². The molecule has 2 rings (SSSR count). The number of hydrogen-bond donors (Lipinski definition) is 1. The molecule has 7 nitrogen and oxygen atoms in total. The van der Waals surface area contributed by atoms with Crippen molar-refractivity contribution in [2.75, 3.05) is 20.8 Å². The molecule has 100 valence electrons. The van der Waals surface area contributed by atoms with Gasteiger partial charge in [0.1, 0.15) is 18.0 Å². The van der Waals surface area contributed by atoms with Crippen LogP contribution in [0.3, 0.4) is 0 Å². The molecule has 1 heterocycles. The maximum absolute atomic E-state index is 11.3. The monoisotopic (exact) mass is 263 g/mol. The Hall–Kier alpha value is -2.57. The quantitative estimate of drug-likeness (QED) is 0.637. The van der Waals surface area contributed by atoms with Crippen molar-refractivity contribution in [3.8, 4) is 11.5 Å². The molecule has 0 saturated carbocycles. The number of imide groups is 1. The molecule has 0 spiro atoms. The highest BCUT2D eigenvalue weighted by molar-refractivity contribution is 6.02. The van der Waals surface area contributed by atoms with Crippen LogP contribution in [-0.4, -0.2) is 43.9 Å². The summed E-state index contributed by atoms with van der Waals surface area (Å²) in [5.41, 5.74) is 0.676. The second kappa shape index (κ2) is 5.38. The molecule has 7 heteroatoms. The lowest BCUT2D eigenvalue weighted by molar-refractivity contribution is -0.118. The minimum atomic E-state index is -0.534. The number of rotatable bonds is 4. The predicted octanol–water partition coefficient (Wildman–Crippen LogP) is 0.589. The molecule has 1 aromatic carbocycles. The van der Waals surface area contributed by atoms with Crippen LogP contribution in [0.25, 0.3) is 0 Å². The van der Waals surface area contributed by atoms with Crippen molar-refractivity contribution in [3.05, 3.63) is 23.8 Å². The van der Waals surface area contributed by atoms with Gasteiger partial charge >= 0.3 is 6.03 Å². The summed E-state index contributed by atoms with van der Waals surface area (Å²) in [6, 6.07) is 4.67. The van der Waals surface area contributed by atoms with E-state index >= 15 is 0 Å². The van der Waals surface area contributed by atoms with Crippen molar-refractivity contribution >= 4 is 18.2 Å². The summed E-state index contributed by atoms with van der Waals surface area (Å²) in [5.74, 6) is 0.848. The Morgan fingerprint density at radius 3 is 2.68 bits per heavy atom. The fourth-order valence-corrected chi connectivity index (χ4v) is 1.58. The molecule has 0 aliphatic carbocycles. The molecule has 3 amide bonds. The Bertz CT molecular complexity index is 542. The lowest BCUT2D eigenvalue weighted by atomic mass is 10.2. The van der Waals surface area contributed by atoms with E-state index in [2.05, 4.69) is 10.4 Å². The summed E-state index contributed by atoms with van der Waals surface area (Å²) in [6.45, 7) is -0.0756. The summed E-state index contributed by atoms with van der Waals surface area (Å²) < 4.78 is 10.3. The number of nitrogens with one attached hydrogen (secondary N) is 1. The number of nitrogens with zero attached hydrogens (tertiary/aromatic N) is 2. The number of carbonyl (C=O) groups is 2. The summed E-state index contributed by atoms with van der Waals surface area (Å²) >= 11 is 0. The number of hydrazone groups is 1. The molecule has 1 saturated heterocycles. The van der Waals surface area contributed by atoms with E-state index in [0.29, 0.717) is 17.1 Å². The van der Waals surface area contributed by atoms with Crippen LogP contribution < -0.4 is 14.8 Å². The molecule has 1 N–H and O–H groups in total. The van der Waals surface area contributed by atoms with E-state index in [-0.39, 0.29) is 12.5 Å². The van der Waals surface area contributed by atoms with Crippen molar-refractivity contribution in [3.63, 3.8) is 0 Å². The normalized spacial score (nSPS) is 14.9. The first kappa shape index (κ1) is 12.9. The van der Waals surface area contributed by atoms with Gasteiger partial charge in [0.15, 0.2) is 0 Å². The van der Waals surface area contributed by atoms with Gasteiger partial charge in [-0.3, -0.25) is 10.1 Å². The smallest absolute Gasteiger partial charge is 0.344 e. The zero-order chi connectivity index (χ0) is 13.8. The largest absolute Gasteiger partial charge is 0.497 e. The molecule has 0 radical (unpaired) electrons. The standard InChI is InChI=1S/C12H13N3O4/c1-18-9-4-3-8(10(5-9)19-2)6-13-15-7-11(16)14-12(15)17/h3-6H,7H2,1-2H3,(H,14,16,17). The van der Waals surface area contributed by atoms with Gasteiger partial charge in [0, 0.05) is 11.6 Å². The second-order valence-corrected chi connectivity index (χ2v) is 3.76. The molecule has 0 unspecified atom stereocenters. The SMILES string of the molecule is COc1ccc(C=NN2CC(=O)NC2=O)c(OC)c1. The Labute approximate surface area is 109 Å². The van der Waals surface area contributed by atoms with Gasteiger partial charge in [-0.05, 0) is 12.1 Å². The van der Waals surface area contributed by atoms with Gasteiger partial charge in [0.05, 0.1) is 20.4 Å². The Kier molecular flexibility index (Phi) is 3.65. The minimum Gasteiger partial charge on any atom is -0.497 e. The van der Waals surface area contributed by atoms with E-state index in [9.17, 15) is 9.59 Å². The third-order valence-corrected chi connectivity index (χ3v) is 2.55. The summed E-state index contributed by atoms with van der Waals surface area (Å²) in [7, 11) is 3.08. The molecule has 1 aliphatic rings. The second-order valence-electron chi connectivity index (χ2n) is 3.76. The number of amides is 3. The van der Waals surface area contributed by atoms with E-state index < -0.39 is 6.03 Å². The highest BCUT2D eigenvalue weighted by Gasteiger charge is 2.25. The lowest BCUT2D eigenvalue weighted by Crippen LogP contribution is -2.24. The average Bonchev–Trinajstić information content (AvgIpc) is 2.74. The first-order chi connectivity index (χ1) is 9.13. The molecule has 19 heavy (non-hydrogen) atoms. The Balaban J connectivity index is 2.18. The van der Waals surface area contributed by atoms with Crippen LogP contribution in [-0.2, 0) is 4.79 Å². The van der Waals surface area contributed by atoms with Crippen LogP contribution in [0.4, 0.5) is 4.79 Å². The molecule has 0 atom stereocenters. The van der Waals surface area contributed by atoms with Gasteiger partial charge in [-0.1, -0.05) is 0 Å². The van der Waals surface area contributed by atoms with E-state index in [1.807, 2.05) is 0 Å². The zero-order valence-corrected chi connectivity index (χ0v) is 10.5. The van der Waals surface area contributed by atoms with Gasteiger partial charge in [0.2, 0.25) is 5.91 Å². The fraction of sp³-hybridized carbons (Fsp3) is 0.250. The third-order valence-electron chi connectivity index (χ3n) is 2.55. The molecule has 0 bridgehead atoms. The van der Waals surface area contributed by atoms with Crippen molar-refractivity contribution in [2.24, 2.45) is 5.10 Å². The number of carbonyl (C=O) groups excluding carboxylic acids is 2. The number of hydrogen-bond acceptors (Lipinski definition) is 5. The Morgan fingerprint density at radius 1 is 1.32 bits per heavy atom. The predicted molar refractivity (Wildman–Crippen MR) is 67.4 cm³/mol. The third kappa shape index (κ3) is 2.82. The summed E-state index contributed by atoms with van der Waals surface area (Å²) in [6.07, 6.45) is 1.45. The van der Waals surface area contributed by atoms with Crippen LogP contribution in [0.5, 0.6) is 11.5 Å². The van der Waals surface area contributed by atoms with E-state index in [4.69, 9.17) is 9.47 Å². The van der Waals surface area contributed by atoms with Crippen molar-refractivity contribution < 1.29 is 19.1 Å². The van der Waals surface area contributed by atoms with Crippen LogP contribution in [0.1, 0.15) is 5.56 Å². The van der Waals surface area contributed by atoms with Crippen LogP contribution in [0.2, 0.25) is 0 Å². The zero-order valence-electron chi connectivity index (χ0n) is 10.5. The summed E-state index contributed by atoms with van der Waals surface area (Å²) in [5, 5.41) is 7.12. The Morgan fingerprint density at radius 2 is 2.11 bits per heavy atom. The number of benzene rings is 1. The minimum absolute atomic E-state index is 0.0756. The lowest BCUT2D eigenvalue weighted by Gasteiger charge is -2.08. The molecule has 1 fully saturated rings. The van der Waals surface area contributed by atoms with Crippen molar-refractivity contribution in [2.45, 2.75) is 0 Å². The molecule has 1 aromatic rings. The van der Waals surface area contributed by atoms with Crippen molar-refractivity contribution in [1.82, 2.24) is 10.3 Å². The van der Waals surface area contributed by atoms with Gasteiger partial charge in [-0.15, -0.1) is 0 Å². The topological polar surface area (TPSA) is 80.2 Å². The average molecular weight is 263 g/mol. The van der Waals surface area contributed by atoms with E-state index in [1.165, 1.54) is 13.3 Å². The maximum atomic E-state index is 11.3. The molecule has 1 aliphatic heterocycles. The molecule has 0 aromatic heterocycles. The van der Waals surface area contributed by atoms with Gasteiger partial charge in [-0.25, -0.2) is 9.80 Å². The highest BCUT2D eigenvalue weighted by Crippen LogP contribution is 2.23.